The van der Waals surface area contributed by atoms with E-state index < -0.39 is 23.1 Å². The van der Waals surface area contributed by atoms with E-state index in [4.69, 9.17) is 4.74 Å². The lowest BCUT2D eigenvalue weighted by Crippen LogP contribution is -2.34. The molecule has 0 spiro atoms. The maximum absolute atomic E-state index is 13.9. The Morgan fingerprint density at radius 2 is 2.30 bits per heavy atom. The molecule has 1 N–H and O–H groups in total. The molecule has 0 heterocycles. The van der Waals surface area contributed by atoms with E-state index in [9.17, 15) is 13.6 Å². The molecule has 1 aromatic rings. The summed E-state index contributed by atoms with van der Waals surface area (Å²) in [7, 11) is 0. The van der Waals surface area contributed by atoms with Gasteiger partial charge in [0.2, 0.25) is 0 Å². The van der Waals surface area contributed by atoms with Crippen molar-refractivity contribution in [1.29, 1.82) is 0 Å². The normalized spacial score (nSPS) is 24.1. The van der Waals surface area contributed by atoms with Gasteiger partial charge in [-0.1, -0.05) is 25.6 Å². The van der Waals surface area contributed by atoms with Gasteiger partial charge in [0.25, 0.3) is 0 Å². The van der Waals surface area contributed by atoms with Gasteiger partial charge in [-0.15, -0.1) is 0 Å². The number of rotatable bonds is 5. The monoisotopic (exact) mass is 281 g/mol. The molecule has 20 heavy (non-hydrogen) atoms. The lowest BCUT2D eigenvalue weighted by atomic mass is 9.93. The first-order valence-corrected chi connectivity index (χ1v) is 6.46. The second-order valence-corrected chi connectivity index (χ2v) is 5.13. The fraction of sp³-hybridized carbons (Fsp3) is 0.400. The van der Waals surface area contributed by atoms with Crippen molar-refractivity contribution >= 4 is 6.09 Å². The van der Waals surface area contributed by atoms with Gasteiger partial charge in [0, 0.05) is 18.0 Å². The van der Waals surface area contributed by atoms with Crippen LogP contribution < -0.4 is 5.32 Å². The summed E-state index contributed by atoms with van der Waals surface area (Å²) in [5.74, 6) is -0.953. The smallest absolute Gasteiger partial charge is 0.407 e. The number of ether oxygens (including phenoxy) is 1. The number of benzene rings is 1. The predicted octanol–water partition coefficient (Wildman–Crippen LogP) is 3.15. The zero-order valence-corrected chi connectivity index (χ0v) is 11.3. The molecule has 1 fully saturated rings. The van der Waals surface area contributed by atoms with Gasteiger partial charge in [-0.3, -0.25) is 0 Å². The molecule has 0 aromatic heterocycles. The SMILES string of the molecule is C=CCOC(=O)NCC1(c2ccc(F)cc2F)CC1C. The van der Waals surface area contributed by atoms with Crippen LogP contribution in [0.15, 0.2) is 30.9 Å². The van der Waals surface area contributed by atoms with Crippen LogP contribution in [0.5, 0.6) is 0 Å². The number of hydrogen-bond donors (Lipinski definition) is 1. The zero-order valence-electron chi connectivity index (χ0n) is 11.3. The van der Waals surface area contributed by atoms with Crippen molar-refractivity contribution in [3.63, 3.8) is 0 Å². The Bertz CT molecular complexity index is 533. The van der Waals surface area contributed by atoms with Gasteiger partial charge in [-0.25, -0.2) is 13.6 Å². The van der Waals surface area contributed by atoms with E-state index in [1.165, 1.54) is 18.2 Å². The number of amides is 1. The van der Waals surface area contributed by atoms with Gasteiger partial charge in [0.05, 0.1) is 0 Å². The summed E-state index contributed by atoms with van der Waals surface area (Å²) in [6, 6.07) is 3.56. The molecule has 1 aromatic carbocycles. The van der Waals surface area contributed by atoms with Gasteiger partial charge >= 0.3 is 6.09 Å². The Balaban J connectivity index is 2.07. The van der Waals surface area contributed by atoms with E-state index >= 15 is 0 Å². The first-order valence-electron chi connectivity index (χ1n) is 6.46. The fourth-order valence-electron chi connectivity index (χ4n) is 2.51. The summed E-state index contributed by atoms with van der Waals surface area (Å²) in [6.07, 6.45) is 1.65. The Labute approximate surface area is 116 Å². The lowest BCUT2D eigenvalue weighted by Gasteiger charge is -2.18. The molecule has 5 heteroatoms. The van der Waals surface area contributed by atoms with Gasteiger partial charge in [0.1, 0.15) is 18.2 Å². The Kier molecular flexibility index (Phi) is 4.06. The summed E-state index contributed by atoms with van der Waals surface area (Å²) in [6.45, 7) is 5.81. The van der Waals surface area contributed by atoms with Crippen molar-refractivity contribution in [3.8, 4) is 0 Å². The molecule has 2 unspecified atom stereocenters. The number of halogens is 2. The highest BCUT2D eigenvalue weighted by Crippen LogP contribution is 2.54. The van der Waals surface area contributed by atoms with Crippen molar-refractivity contribution in [2.24, 2.45) is 5.92 Å². The standard InChI is InChI=1S/C15H17F2NO2/c1-3-6-20-14(19)18-9-15(8-10(15)2)12-5-4-11(16)7-13(12)17/h3-5,7,10H,1,6,8-9H2,2H3,(H,18,19). The third kappa shape index (κ3) is 2.81. The Morgan fingerprint density at radius 1 is 1.60 bits per heavy atom. The summed E-state index contributed by atoms with van der Waals surface area (Å²) in [4.78, 5) is 11.4. The van der Waals surface area contributed by atoms with Crippen LogP contribution >= 0.6 is 0 Å². The highest BCUT2D eigenvalue weighted by atomic mass is 19.1. The summed E-state index contributed by atoms with van der Waals surface area (Å²) in [5, 5.41) is 2.62. The van der Waals surface area contributed by atoms with E-state index in [0.29, 0.717) is 5.56 Å². The topological polar surface area (TPSA) is 38.3 Å². The van der Waals surface area contributed by atoms with Crippen molar-refractivity contribution in [3.05, 3.63) is 48.1 Å². The molecule has 2 rings (SSSR count). The van der Waals surface area contributed by atoms with Crippen LogP contribution in [-0.2, 0) is 10.2 Å². The fourth-order valence-corrected chi connectivity index (χ4v) is 2.51. The van der Waals surface area contributed by atoms with Crippen molar-refractivity contribution in [1.82, 2.24) is 5.32 Å². The molecule has 1 saturated carbocycles. The lowest BCUT2D eigenvalue weighted by molar-refractivity contribution is 0.157. The molecular weight excluding hydrogens is 264 g/mol. The molecule has 1 amide bonds. The van der Waals surface area contributed by atoms with Crippen LogP contribution in [-0.4, -0.2) is 19.2 Å². The van der Waals surface area contributed by atoms with Gasteiger partial charge in [-0.05, 0) is 24.0 Å². The maximum Gasteiger partial charge on any atom is 0.407 e. The summed E-state index contributed by atoms with van der Waals surface area (Å²) >= 11 is 0. The van der Waals surface area contributed by atoms with Crippen LogP contribution in [0, 0.1) is 17.6 Å². The minimum absolute atomic E-state index is 0.124. The average molecular weight is 281 g/mol. The Morgan fingerprint density at radius 3 is 2.85 bits per heavy atom. The van der Waals surface area contributed by atoms with Crippen LogP contribution in [0.3, 0.4) is 0 Å². The van der Waals surface area contributed by atoms with E-state index in [-0.39, 0.29) is 19.1 Å². The summed E-state index contributed by atoms with van der Waals surface area (Å²) < 4.78 is 31.7. The van der Waals surface area contributed by atoms with Crippen LogP contribution in [0.1, 0.15) is 18.9 Å². The van der Waals surface area contributed by atoms with Gasteiger partial charge in [-0.2, -0.15) is 0 Å². The molecule has 0 saturated heterocycles. The molecule has 108 valence electrons. The van der Waals surface area contributed by atoms with E-state index in [1.807, 2.05) is 6.92 Å². The molecular formula is C15H17F2NO2. The first-order chi connectivity index (χ1) is 9.49. The second-order valence-electron chi connectivity index (χ2n) is 5.13. The molecule has 0 radical (unpaired) electrons. The minimum Gasteiger partial charge on any atom is -0.445 e. The molecule has 0 bridgehead atoms. The quantitative estimate of drug-likeness (QED) is 0.842. The molecule has 1 aliphatic carbocycles. The largest absolute Gasteiger partial charge is 0.445 e. The van der Waals surface area contributed by atoms with Crippen LogP contribution in [0.2, 0.25) is 0 Å². The molecule has 3 nitrogen and oxygen atoms in total. The van der Waals surface area contributed by atoms with Crippen LogP contribution in [0.4, 0.5) is 13.6 Å². The summed E-state index contributed by atoms with van der Waals surface area (Å²) in [5.41, 5.74) is -0.0271. The third-order valence-corrected chi connectivity index (χ3v) is 3.80. The van der Waals surface area contributed by atoms with Crippen molar-refractivity contribution < 1.29 is 18.3 Å². The molecule has 1 aliphatic rings. The Hall–Kier alpha value is -1.91. The number of alkyl carbamates (subject to hydrolysis) is 1. The van der Waals surface area contributed by atoms with Crippen LogP contribution in [0.25, 0.3) is 0 Å². The second kappa shape index (κ2) is 5.61. The zero-order chi connectivity index (χ0) is 14.8. The van der Waals surface area contributed by atoms with Crippen molar-refractivity contribution in [2.45, 2.75) is 18.8 Å². The highest BCUT2D eigenvalue weighted by molar-refractivity contribution is 5.67. The molecule has 2 atom stereocenters. The predicted molar refractivity (Wildman–Crippen MR) is 71.4 cm³/mol. The average Bonchev–Trinajstić information content (AvgIpc) is 3.05. The minimum atomic E-state index is -0.604. The first kappa shape index (κ1) is 14.5. The number of nitrogens with one attached hydrogen (secondary N) is 1. The number of hydrogen-bond acceptors (Lipinski definition) is 2. The number of carbonyl (C=O) groups excluding carboxylic acids is 1. The van der Waals surface area contributed by atoms with E-state index in [0.717, 1.165) is 12.5 Å². The van der Waals surface area contributed by atoms with Gasteiger partial charge in [0.15, 0.2) is 0 Å². The van der Waals surface area contributed by atoms with E-state index in [1.54, 1.807) is 0 Å². The third-order valence-electron chi connectivity index (χ3n) is 3.80. The highest BCUT2D eigenvalue weighted by Gasteiger charge is 2.53. The number of carbonyl (C=O) groups is 1. The molecule has 0 aliphatic heterocycles. The van der Waals surface area contributed by atoms with Crippen molar-refractivity contribution in [2.75, 3.05) is 13.2 Å². The van der Waals surface area contributed by atoms with E-state index in [2.05, 4.69) is 11.9 Å². The maximum atomic E-state index is 13.9. The van der Waals surface area contributed by atoms with Gasteiger partial charge < -0.3 is 10.1 Å².